The molecule has 9 nitrogen and oxygen atoms in total. The number of nitrogens with zero attached hydrogens (tertiary/aromatic N) is 2. The number of primary amides is 1. The fraction of sp³-hybridized carbons (Fsp3) is 0.600. The third kappa shape index (κ3) is 4.99. The molecule has 35 heavy (non-hydrogen) atoms. The second-order valence-corrected chi connectivity index (χ2v) is 11.5. The number of anilines is 1. The van der Waals surface area contributed by atoms with Crippen LogP contribution in [-0.4, -0.2) is 47.1 Å². The van der Waals surface area contributed by atoms with E-state index in [0.29, 0.717) is 41.9 Å². The van der Waals surface area contributed by atoms with Crippen LogP contribution >= 0.6 is 11.3 Å². The maximum atomic E-state index is 12.8. The zero-order valence-electron chi connectivity index (χ0n) is 20.5. The van der Waals surface area contributed by atoms with Crippen molar-refractivity contribution >= 4 is 28.3 Å². The minimum Gasteiger partial charge on any atom is -0.474 e. The van der Waals surface area contributed by atoms with Crippen LogP contribution in [0, 0.1) is 18.3 Å². The average molecular weight is 500 g/mol. The van der Waals surface area contributed by atoms with Crippen molar-refractivity contribution in [3.63, 3.8) is 0 Å². The van der Waals surface area contributed by atoms with E-state index in [1.54, 1.807) is 6.07 Å². The van der Waals surface area contributed by atoms with Gasteiger partial charge < -0.3 is 25.8 Å². The molecule has 2 fully saturated rings. The number of rotatable bonds is 8. The smallest absolute Gasteiger partial charge is 0.263 e. The van der Waals surface area contributed by atoms with Gasteiger partial charge in [0.15, 0.2) is 5.13 Å². The van der Waals surface area contributed by atoms with Crippen molar-refractivity contribution < 1.29 is 19.1 Å². The van der Waals surface area contributed by atoms with Crippen molar-refractivity contribution in [2.45, 2.75) is 71.6 Å². The predicted octanol–water partition coefficient (Wildman–Crippen LogP) is 3.21. The number of fused-ring (bicyclic) bond motifs is 1. The molecule has 5 rings (SSSR count). The molecule has 4 N–H and O–H groups in total. The van der Waals surface area contributed by atoms with Gasteiger partial charge >= 0.3 is 0 Å². The molecule has 3 heterocycles. The summed E-state index contributed by atoms with van der Waals surface area (Å²) in [4.78, 5) is 34.5. The van der Waals surface area contributed by atoms with Gasteiger partial charge in [-0.2, -0.15) is 0 Å². The van der Waals surface area contributed by atoms with Crippen LogP contribution in [0.25, 0.3) is 0 Å². The third-order valence-electron chi connectivity index (χ3n) is 7.12. The fourth-order valence-corrected chi connectivity index (χ4v) is 6.20. The first kappa shape index (κ1) is 24.0. The third-order valence-corrected chi connectivity index (χ3v) is 8.23. The Morgan fingerprint density at radius 3 is 2.77 bits per heavy atom. The van der Waals surface area contributed by atoms with Crippen LogP contribution in [0.5, 0.6) is 5.88 Å². The summed E-state index contributed by atoms with van der Waals surface area (Å²) in [5.41, 5.74) is 8.67. The number of aryl methyl sites for hydroxylation is 1. The summed E-state index contributed by atoms with van der Waals surface area (Å²) in [6.07, 6.45) is 4.37. The number of nitrogens with two attached hydrogens (primary N) is 1. The maximum absolute atomic E-state index is 12.8. The van der Waals surface area contributed by atoms with Crippen LogP contribution in [0.4, 0.5) is 5.13 Å². The van der Waals surface area contributed by atoms with Crippen LogP contribution in [0.15, 0.2) is 6.07 Å². The van der Waals surface area contributed by atoms with Crippen molar-refractivity contribution in [3.8, 4) is 5.88 Å². The molecule has 0 aromatic carbocycles. The monoisotopic (exact) mass is 499 g/mol. The number of thiazole rings is 1. The Morgan fingerprint density at radius 1 is 1.29 bits per heavy atom. The molecule has 10 heteroatoms. The van der Waals surface area contributed by atoms with Gasteiger partial charge in [-0.3, -0.25) is 9.59 Å². The van der Waals surface area contributed by atoms with Gasteiger partial charge in [-0.15, -0.1) is 0 Å². The summed E-state index contributed by atoms with van der Waals surface area (Å²) >= 11 is 1.41. The molecule has 188 valence electrons. The Hall–Kier alpha value is -2.72. The van der Waals surface area contributed by atoms with E-state index < -0.39 is 5.91 Å². The topological polar surface area (TPSA) is 128 Å². The molecular weight excluding hydrogens is 466 g/mol. The van der Waals surface area contributed by atoms with Gasteiger partial charge in [0.1, 0.15) is 16.5 Å². The lowest BCUT2D eigenvalue weighted by Crippen LogP contribution is -2.58. The number of carbonyl (C=O) groups is 2. The first-order chi connectivity index (χ1) is 16.7. The van der Waals surface area contributed by atoms with E-state index in [1.807, 2.05) is 6.92 Å². The minimum atomic E-state index is -0.540. The highest BCUT2D eigenvalue weighted by Gasteiger charge is 2.54. The lowest BCUT2D eigenvalue weighted by molar-refractivity contribution is -0.0849. The molecule has 0 radical (unpaired) electrons. The average Bonchev–Trinajstić information content (AvgIpc) is 3.14. The van der Waals surface area contributed by atoms with Crippen molar-refractivity contribution in [1.82, 2.24) is 15.3 Å². The Kier molecular flexibility index (Phi) is 6.43. The highest BCUT2D eigenvalue weighted by Crippen LogP contribution is 2.57. The van der Waals surface area contributed by atoms with Crippen LogP contribution < -0.4 is 21.1 Å². The first-order valence-electron chi connectivity index (χ1n) is 12.3. The summed E-state index contributed by atoms with van der Waals surface area (Å²) in [5, 5.41) is 7.27. The largest absolute Gasteiger partial charge is 0.474 e. The van der Waals surface area contributed by atoms with Crippen LogP contribution in [0.1, 0.15) is 76.5 Å². The molecule has 0 atom stereocenters. The number of carbonyl (C=O) groups excluding carboxylic acids is 2. The summed E-state index contributed by atoms with van der Waals surface area (Å²) in [5.74, 6) is 0.267. The molecule has 2 aromatic rings. The van der Waals surface area contributed by atoms with E-state index in [1.165, 1.54) is 11.3 Å². The number of ether oxygens (including phenoxy) is 2. The Morgan fingerprint density at radius 2 is 2.06 bits per heavy atom. The molecular formula is C25H33N5O4S. The number of aromatic nitrogens is 2. The lowest BCUT2D eigenvalue weighted by atomic mass is 9.53. The number of pyridine rings is 1. The van der Waals surface area contributed by atoms with Gasteiger partial charge in [-0.05, 0) is 50.0 Å². The maximum Gasteiger partial charge on any atom is 0.263 e. The SMILES string of the molecule is Cc1nc(NCC(C)C)sc1C(=O)NC1CC2(C1)CC(Oc1nc3c(cc1C(N)=O)COCC3)C2. The van der Waals surface area contributed by atoms with Crippen molar-refractivity contribution in [2.24, 2.45) is 17.1 Å². The van der Waals surface area contributed by atoms with Gasteiger partial charge in [-0.25, -0.2) is 9.97 Å². The number of hydrogen-bond donors (Lipinski definition) is 3. The normalized spacial score (nSPS) is 24.9. The van der Waals surface area contributed by atoms with Gasteiger partial charge in [-0.1, -0.05) is 25.2 Å². The van der Waals surface area contributed by atoms with E-state index in [-0.39, 0.29) is 23.5 Å². The molecule has 3 aliphatic rings. The van der Waals surface area contributed by atoms with E-state index >= 15 is 0 Å². The highest BCUT2D eigenvalue weighted by molar-refractivity contribution is 7.17. The second kappa shape index (κ2) is 9.39. The predicted molar refractivity (Wildman–Crippen MR) is 133 cm³/mol. The summed E-state index contributed by atoms with van der Waals surface area (Å²) in [7, 11) is 0. The van der Waals surface area contributed by atoms with Gasteiger partial charge in [0.05, 0.1) is 24.6 Å². The van der Waals surface area contributed by atoms with E-state index in [4.69, 9.17) is 15.2 Å². The van der Waals surface area contributed by atoms with Crippen molar-refractivity contribution in [2.75, 3.05) is 18.5 Å². The molecule has 2 aromatic heterocycles. The standard InChI is InChI=1S/C25H33N5O4S/c1-13(2)11-27-24-28-14(3)20(35-24)22(32)29-16-7-25(8-16)9-17(10-25)34-23-18(21(26)31)6-15-12-33-5-4-19(15)30-23/h6,13,16-17H,4-5,7-12H2,1-3H3,(H2,26,31)(H,27,28)(H,29,32). The highest BCUT2D eigenvalue weighted by atomic mass is 32.1. The van der Waals surface area contributed by atoms with Crippen LogP contribution in [-0.2, 0) is 17.8 Å². The molecule has 0 unspecified atom stereocenters. The van der Waals surface area contributed by atoms with Gasteiger partial charge in [0, 0.05) is 24.6 Å². The number of nitrogens with one attached hydrogen (secondary N) is 2. The van der Waals surface area contributed by atoms with Crippen LogP contribution in [0.2, 0.25) is 0 Å². The van der Waals surface area contributed by atoms with E-state index in [9.17, 15) is 9.59 Å². The number of amides is 2. The van der Waals surface area contributed by atoms with Gasteiger partial charge in [0.25, 0.3) is 11.8 Å². The molecule has 2 aliphatic carbocycles. The molecule has 1 aliphatic heterocycles. The number of hydrogen-bond acceptors (Lipinski definition) is 8. The summed E-state index contributed by atoms with van der Waals surface area (Å²) < 4.78 is 11.6. The molecule has 0 saturated heterocycles. The molecule has 2 amide bonds. The van der Waals surface area contributed by atoms with Crippen molar-refractivity contribution in [1.29, 1.82) is 0 Å². The second-order valence-electron chi connectivity index (χ2n) is 10.5. The minimum absolute atomic E-state index is 0.00784. The molecule has 1 spiro atoms. The summed E-state index contributed by atoms with van der Waals surface area (Å²) in [6, 6.07) is 1.92. The zero-order valence-corrected chi connectivity index (χ0v) is 21.3. The van der Waals surface area contributed by atoms with E-state index in [0.717, 1.165) is 54.3 Å². The van der Waals surface area contributed by atoms with Crippen molar-refractivity contribution in [3.05, 3.63) is 33.5 Å². The Balaban J connectivity index is 1.13. The van der Waals surface area contributed by atoms with Gasteiger partial charge in [0.2, 0.25) is 5.88 Å². The first-order valence-corrected chi connectivity index (χ1v) is 13.1. The zero-order chi connectivity index (χ0) is 24.7. The fourth-order valence-electron chi connectivity index (χ4n) is 5.33. The quantitative estimate of drug-likeness (QED) is 0.509. The Bertz CT molecular complexity index is 1130. The van der Waals surface area contributed by atoms with E-state index in [2.05, 4.69) is 34.4 Å². The Labute approximate surface area is 209 Å². The lowest BCUT2D eigenvalue weighted by Gasteiger charge is -2.57. The molecule has 2 saturated carbocycles. The van der Waals surface area contributed by atoms with Crippen LogP contribution in [0.3, 0.4) is 0 Å². The summed E-state index contributed by atoms with van der Waals surface area (Å²) in [6.45, 7) is 8.05. The molecule has 0 bridgehead atoms.